The number of aromatic nitrogens is 1. The maximum absolute atomic E-state index is 15.9. The summed E-state index contributed by atoms with van der Waals surface area (Å²) in [6, 6.07) is 68.5. The topological polar surface area (TPSA) is 14.4 Å². The third-order valence-electron chi connectivity index (χ3n) is 10.9. The van der Waals surface area contributed by atoms with Gasteiger partial charge in [-0.1, -0.05) is 97.1 Å². The summed E-state index contributed by atoms with van der Waals surface area (Å²) in [6.45, 7) is -4.03. The van der Waals surface area contributed by atoms with Crippen molar-refractivity contribution < 1.29 is 13.1 Å². The van der Waals surface area contributed by atoms with E-state index in [2.05, 4.69) is 125 Å². The first kappa shape index (κ1) is 34.9. The van der Waals surface area contributed by atoms with Gasteiger partial charge in [-0.25, -0.2) is 0 Å². The van der Waals surface area contributed by atoms with Gasteiger partial charge in [0.2, 0.25) is 0 Å². The lowest BCUT2D eigenvalue weighted by Gasteiger charge is -2.31. The minimum absolute atomic E-state index is 0.493. The van der Waals surface area contributed by atoms with Crippen molar-refractivity contribution in [2.24, 2.45) is 0 Å². The third kappa shape index (κ3) is 6.23. The molecule has 8 aromatic rings. The molecule has 0 unspecified atom stereocenters. The molecule has 0 aliphatic carbocycles. The number of fused-ring (bicyclic) bond motifs is 2. The Hall–Kier alpha value is -7.51. The van der Waals surface area contributed by atoms with E-state index in [9.17, 15) is 0 Å². The van der Waals surface area contributed by atoms with Gasteiger partial charge in [0.05, 0.1) is 5.57 Å². The molecule has 1 aromatic heterocycles. The maximum Gasteiger partial charge on any atom is 0.737 e. The number of halogens is 2. The van der Waals surface area contributed by atoms with Gasteiger partial charge in [0.15, 0.2) is 5.70 Å². The van der Waals surface area contributed by atoms with Gasteiger partial charge < -0.3 is 27.4 Å². The number of benzene rings is 7. The Morgan fingerprint density at radius 3 is 1.24 bits per heavy atom. The van der Waals surface area contributed by atoms with Gasteiger partial charge in [0.1, 0.15) is 6.21 Å². The molecular weight excluding hydrogens is 717 g/mol. The Bertz CT molecular complexity index is 2610. The van der Waals surface area contributed by atoms with Crippen LogP contribution in [-0.2, 0) is 0 Å². The quantitative estimate of drug-likeness (QED) is 0.136. The van der Waals surface area contributed by atoms with Crippen LogP contribution in [-0.4, -0.2) is 22.1 Å². The fraction of sp³-hybridized carbons (Fsp3) is 0. The molecule has 0 saturated carbocycles. The molecule has 0 amide bonds. The van der Waals surface area contributed by atoms with Crippen LogP contribution in [0.4, 0.5) is 42.8 Å². The average molecular weight is 755 g/mol. The summed E-state index contributed by atoms with van der Waals surface area (Å²) in [5.41, 5.74) is 12.9. The highest BCUT2D eigenvalue weighted by Gasteiger charge is 2.51. The van der Waals surface area contributed by atoms with E-state index in [1.807, 2.05) is 72.8 Å². The molecule has 0 fully saturated rings. The van der Waals surface area contributed by atoms with E-state index in [1.165, 1.54) is 12.4 Å². The predicted molar refractivity (Wildman–Crippen MR) is 236 cm³/mol. The summed E-state index contributed by atoms with van der Waals surface area (Å²) in [4.78, 5) is 4.48. The van der Waals surface area contributed by atoms with Gasteiger partial charge >= 0.3 is 6.97 Å². The molecular formula is C51H37BF2N4. The van der Waals surface area contributed by atoms with Crippen LogP contribution >= 0.6 is 0 Å². The minimum Gasteiger partial charge on any atom is -0.396 e. The first-order valence-corrected chi connectivity index (χ1v) is 19.4. The Balaban J connectivity index is 1.10. The number of anilines is 6. The van der Waals surface area contributed by atoms with E-state index < -0.39 is 6.97 Å². The highest BCUT2D eigenvalue weighted by molar-refractivity contribution is 6.57. The number of allylic oxidation sites excluding steroid dienone is 2. The monoisotopic (exact) mass is 754 g/mol. The molecule has 0 N–H and O–H groups in total. The van der Waals surface area contributed by atoms with Gasteiger partial charge in [0.25, 0.3) is 0 Å². The van der Waals surface area contributed by atoms with Crippen LogP contribution in [0, 0.1) is 0 Å². The van der Waals surface area contributed by atoms with Gasteiger partial charge in [-0.2, -0.15) is 0 Å². The second-order valence-electron chi connectivity index (χ2n) is 14.5. The molecule has 0 spiro atoms. The van der Waals surface area contributed by atoms with Crippen molar-refractivity contribution in [1.82, 2.24) is 4.48 Å². The third-order valence-corrected chi connectivity index (χ3v) is 10.9. The molecule has 10 rings (SSSR count). The van der Waals surface area contributed by atoms with Crippen molar-refractivity contribution in [2.45, 2.75) is 0 Å². The molecule has 3 heterocycles. The summed E-state index contributed by atoms with van der Waals surface area (Å²) >= 11 is 0. The first-order valence-electron chi connectivity index (χ1n) is 19.4. The lowest BCUT2D eigenvalue weighted by molar-refractivity contribution is -0.356. The molecule has 7 heteroatoms. The Morgan fingerprint density at radius 2 is 0.810 bits per heavy atom. The van der Waals surface area contributed by atoms with E-state index in [0.29, 0.717) is 11.4 Å². The molecule has 0 saturated heterocycles. The van der Waals surface area contributed by atoms with Crippen molar-refractivity contribution in [3.8, 4) is 22.3 Å². The summed E-state index contributed by atoms with van der Waals surface area (Å²) in [6.07, 6.45) is 6.46. The molecule has 0 radical (unpaired) electrons. The fourth-order valence-electron chi connectivity index (χ4n) is 8.23. The Kier molecular flexibility index (Phi) is 8.76. The van der Waals surface area contributed by atoms with Gasteiger partial charge in [-0.15, -0.1) is 0 Å². The predicted octanol–water partition coefficient (Wildman–Crippen LogP) is 13.4. The van der Waals surface area contributed by atoms with Crippen molar-refractivity contribution in [2.75, 3.05) is 9.80 Å². The van der Waals surface area contributed by atoms with Crippen LogP contribution in [0.1, 0.15) is 11.3 Å². The van der Waals surface area contributed by atoms with Crippen LogP contribution in [0.2, 0.25) is 0 Å². The van der Waals surface area contributed by atoms with Crippen LogP contribution in [0.5, 0.6) is 0 Å². The van der Waals surface area contributed by atoms with Crippen molar-refractivity contribution in [3.05, 3.63) is 235 Å². The summed E-state index contributed by atoms with van der Waals surface area (Å²) in [5, 5.41) is 0. The smallest absolute Gasteiger partial charge is 0.396 e. The molecule has 2 aliphatic heterocycles. The highest BCUT2D eigenvalue weighted by atomic mass is 19.2. The van der Waals surface area contributed by atoms with Crippen molar-refractivity contribution >= 4 is 52.9 Å². The number of hydrogen-bond donors (Lipinski definition) is 0. The zero-order chi connectivity index (χ0) is 39.1. The minimum atomic E-state index is -4.03. The molecule has 7 aromatic carbocycles. The standard InChI is InChI=1S/C51H37BF2N4/c53-52(54)55-33-13-23-49(55)51(50-24-14-34-56(50)52)42-36-40(38-25-29-47(30-26-38)57(43-15-5-1-6-16-43)44-17-7-2-8-18-44)35-41(37-42)39-27-31-48(32-28-39)58(45-19-9-3-10-20-45)46-21-11-4-12-22-46/h1-37H. The molecule has 2 aliphatic rings. The van der Waals surface area contributed by atoms with E-state index >= 15 is 8.63 Å². The van der Waals surface area contributed by atoms with Crippen LogP contribution in [0.3, 0.4) is 0 Å². The van der Waals surface area contributed by atoms with Crippen molar-refractivity contribution in [3.63, 3.8) is 0 Å². The number of hydrogen-bond acceptors (Lipinski definition) is 2. The second kappa shape index (κ2) is 14.5. The summed E-state index contributed by atoms with van der Waals surface area (Å²) < 4.78 is 34.0. The molecule has 0 atom stereocenters. The zero-order valence-electron chi connectivity index (χ0n) is 31.5. The largest absolute Gasteiger partial charge is 0.737 e. The van der Waals surface area contributed by atoms with E-state index in [0.717, 1.165) is 76.5 Å². The van der Waals surface area contributed by atoms with E-state index in [-0.39, 0.29) is 0 Å². The maximum atomic E-state index is 15.9. The van der Waals surface area contributed by atoms with Gasteiger partial charge in [-0.05, 0) is 137 Å². The van der Waals surface area contributed by atoms with Crippen LogP contribution in [0.15, 0.2) is 224 Å². The van der Waals surface area contributed by atoms with Gasteiger partial charge in [0, 0.05) is 52.0 Å². The highest BCUT2D eigenvalue weighted by Crippen LogP contribution is 2.43. The average Bonchev–Trinajstić information content (AvgIpc) is 3.99. The second-order valence-corrected chi connectivity index (χ2v) is 14.5. The fourth-order valence-corrected chi connectivity index (χ4v) is 8.23. The molecule has 278 valence electrons. The number of rotatable bonds is 9. The van der Waals surface area contributed by atoms with E-state index in [4.69, 9.17) is 0 Å². The summed E-state index contributed by atoms with van der Waals surface area (Å²) in [5.74, 6) is 0. The normalized spacial score (nSPS) is 13.8. The molecule has 0 bridgehead atoms. The zero-order valence-corrected chi connectivity index (χ0v) is 31.5. The van der Waals surface area contributed by atoms with Gasteiger partial charge in [-0.3, -0.25) is 0 Å². The van der Waals surface area contributed by atoms with Crippen molar-refractivity contribution in [1.29, 1.82) is 0 Å². The SMILES string of the molecule is F[B-]1(F)n2cccc2C(c2cc(-c3ccc(N(c4ccccc4)c4ccccc4)cc3)cc(-c3ccc(N(c4ccccc4)c4ccccc4)cc3)c2)=C2C=CC=[N+]21. The van der Waals surface area contributed by atoms with Crippen LogP contribution in [0.25, 0.3) is 27.8 Å². The Morgan fingerprint density at radius 1 is 0.414 bits per heavy atom. The Labute approximate surface area is 336 Å². The van der Waals surface area contributed by atoms with Crippen LogP contribution < -0.4 is 9.80 Å². The number of nitrogens with zero attached hydrogens (tertiary/aromatic N) is 4. The lowest BCUT2D eigenvalue weighted by atomic mass is 9.85. The van der Waals surface area contributed by atoms with E-state index in [1.54, 1.807) is 24.3 Å². The first-order chi connectivity index (χ1) is 28.5. The summed E-state index contributed by atoms with van der Waals surface area (Å²) in [7, 11) is 0. The number of para-hydroxylation sites is 4. The molecule has 4 nitrogen and oxygen atoms in total. The molecule has 58 heavy (non-hydrogen) atoms. The lowest BCUT2D eigenvalue weighted by Crippen LogP contribution is -2.49.